The molecule has 1 aliphatic heterocycles. The summed E-state index contributed by atoms with van der Waals surface area (Å²) >= 11 is 1.51. The van der Waals surface area contributed by atoms with E-state index in [1.54, 1.807) is 11.1 Å². The van der Waals surface area contributed by atoms with Crippen LogP contribution in [-0.2, 0) is 6.54 Å². The molecule has 22 heavy (non-hydrogen) atoms. The first kappa shape index (κ1) is 17.0. The lowest BCUT2D eigenvalue weighted by atomic mass is 10.2. The average Bonchev–Trinajstić information content (AvgIpc) is 2.89. The molecular weight excluding hydrogens is 317 g/mol. The van der Waals surface area contributed by atoms with E-state index in [-0.39, 0.29) is 19.1 Å². The minimum absolute atomic E-state index is 0.230. The van der Waals surface area contributed by atoms with Crippen LogP contribution in [0.3, 0.4) is 0 Å². The van der Waals surface area contributed by atoms with Gasteiger partial charge in [-0.15, -0.1) is 11.3 Å². The van der Waals surface area contributed by atoms with Crippen molar-refractivity contribution in [2.75, 3.05) is 26.2 Å². The summed E-state index contributed by atoms with van der Waals surface area (Å²) in [6, 6.07) is -1.72. The van der Waals surface area contributed by atoms with E-state index in [9.17, 15) is 18.0 Å². The number of alkyl halides is 3. The molecule has 2 rings (SSSR count). The van der Waals surface area contributed by atoms with Gasteiger partial charge >= 0.3 is 12.2 Å². The summed E-state index contributed by atoms with van der Waals surface area (Å²) in [5, 5.41) is 3.70. The van der Waals surface area contributed by atoms with Crippen LogP contribution in [0.25, 0.3) is 0 Å². The lowest BCUT2D eigenvalue weighted by molar-refractivity contribution is -0.181. The van der Waals surface area contributed by atoms with Gasteiger partial charge in [-0.25, -0.2) is 9.78 Å². The van der Waals surface area contributed by atoms with Gasteiger partial charge in [-0.05, 0) is 13.8 Å². The van der Waals surface area contributed by atoms with Crippen molar-refractivity contribution in [3.8, 4) is 0 Å². The van der Waals surface area contributed by atoms with Gasteiger partial charge in [-0.1, -0.05) is 0 Å². The van der Waals surface area contributed by atoms with Crippen LogP contribution in [0.4, 0.5) is 18.0 Å². The molecule has 2 amide bonds. The number of rotatable bonds is 3. The maximum absolute atomic E-state index is 12.7. The van der Waals surface area contributed by atoms with Gasteiger partial charge in [0.15, 0.2) is 0 Å². The first-order valence-corrected chi connectivity index (χ1v) is 7.84. The molecule has 1 N–H and O–H groups in total. The second-order valence-electron chi connectivity index (χ2n) is 5.24. The van der Waals surface area contributed by atoms with Gasteiger partial charge in [-0.3, -0.25) is 4.90 Å². The van der Waals surface area contributed by atoms with Crippen molar-refractivity contribution in [3.63, 3.8) is 0 Å². The van der Waals surface area contributed by atoms with Gasteiger partial charge < -0.3 is 10.2 Å². The topological polar surface area (TPSA) is 48.5 Å². The number of aryl methyl sites for hydroxylation is 1. The Bertz CT molecular complexity index is 512. The predicted octanol–water partition coefficient (Wildman–Crippen LogP) is 2.23. The Morgan fingerprint density at radius 1 is 1.41 bits per heavy atom. The summed E-state index contributed by atoms with van der Waals surface area (Å²) in [6.07, 6.45) is -2.52. The van der Waals surface area contributed by atoms with Crippen molar-refractivity contribution < 1.29 is 18.0 Å². The molecule has 0 radical (unpaired) electrons. The molecule has 1 aliphatic rings. The van der Waals surface area contributed by atoms with Crippen molar-refractivity contribution in [2.45, 2.75) is 32.6 Å². The molecule has 1 unspecified atom stereocenters. The zero-order valence-corrected chi connectivity index (χ0v) is 13.3. The van der Waals surface area contributed by atoms with Gasteiger partial charge in [-0.2, -0.15) is 13.2 Å². The standard InChI is InChI=1S/C13H19F3N4OS/c1-9(13(14,15)16)19-3-5-20(6-4-19)12(21)18-8-11-7-17-10(2)22-11/h7,9H,3-6,8H2,1-2H3,(H,18,21). The summed E-state index contributed by atoms with van der Waals surface area (Å²) in [5.74, 6) is 0. The van der Waals surface area contributed by atoms with Gasteiger partial charge in [0.2, 0.25) is 0 Å². The van der Waals surface area contributed by atoms with Crippen molar-refractivity contribution in [1.82, 2.24) is 20.1 Å². The van der Waals surface area contributed by atoms with Gasteiger partial charge in [0, 0.05) is 37.3 Å². The van der Waals surface area contributed by atoms with E-state index in [2.05, 4.69) is 10.3 Å². The average molecular weight is 336 g/mol. The second kappa shape index (κ2) is 6.82. The number of piperazine rings is 1. The fourth-order valence-corrected chi connectivity index (χ4v) is 3.02. The molecule has 1 saturated heterocycles. The highest BCUT2D eigenvalue weighted by molar-refractivity contribution is 7.11. The molecule has 0 saturated carbocycles. The van der Waals surface area contributed by atoms with Crippen LogP contribution in [-0.4, -0.2) is 59.2 Å². The van der Waals surface area contributed by atoms with E-state index < -0.39 is 12.2 Å². The lowest BCUT2D eigenvalue weighted by Crippen LogP contribution is -2.56. The zero-order valence-electron chi connectivity index (χ0n) is 12.5. The van der Waals surface area contributed by atoms with E-state index in [0.717, 1.165) is 16.8 Å². The Morgan fingerprint density at radius 2 is 2.05 bits per heavy atom. The molecule has 2 heterocycles. The van der Waals surface area contributed by atoms with Crippen molar-refractivity contribution in [1.29, 1.82) is 0 Å². The maximum atomic E-state index is 12.7. The number of carbonyl (C=O) groups is 1. The van der Waals surface area contributed by atoms with E-state index in [0.29, 0.717) is 19.6 Å². The normalized spacial score (nSPS) is 18.3. The summed E-state index contributed by atoms with van der Waals surface area (Å²) in [7, 11) is 0. The van der Waals surface area contributed by atoms with Gasteiger partial charge in [0.25, 0.3) is 0 Å². The zero-order chi connectivity index (χ0) is 16.3. The summed E-state index contributed by atoms with van der Waals surface area (Å²) in [5.41, 5.74) is 0. The number of aromatic nitrogens is 1. The molecule has 1 atom stereocenters. The predicted molar refractivity (Wildman–Crippen MR) is 77.7 cm³/mol. The largest absolute Gasteiger partial charge is 0.403 e. The van der Waals surface area contributed by atoms with Crippen LogP contribution in [0.15, 0.2) is 6.20 Å². The number of hydrogen-bond acceptors (Lipinski definition) is 4. The van der Waals surface area contributed by atoms with Crippen LogP contribution in [0.5, 0.6) is 0 Å². The van der Waals surface area contributed by atoms with E-state index >= 15 is 0 Å². The number of carbonyl (C=O) groups excluding carboxylic acids is 1. The first-order chi connectivity index (χ1) is 10.3. The van der Waals surface area contributed by atoms with Crippen molar-refractivity contribution >= 4 is 17.4 Å². The van der Waals surface area contributed by atoms with E-state index in [4.69, 9.17) is 0 Å². The van der Waals surface area contributed by atoms with Crippen molar-refractivity contribution in [2.24, 2.45) is 0 Å². The smallest absolute Gasteiger partial charge is 0.333 e. The van der Waals surface area contributed by atoms with Crippen LogP contribution in [0.1, 0.15) is 16.8 Å². The molecule has 9 heteroatoms. The molecule has 0 spiro atoms. The molecule has 0 bridgehead atoms. The lowest BCUT2D eigenvalue weighted by Gasteiger charge is -2.38. The highest BCUT2D eigenvalue weighted by Gasteiger charge is 2.41. The third kappa shape index (κ3) is 4.33. The molecule has 5 nitrogen and oxygen atoms in total. The number of urea groups is 1. The second-order valence-corrected chi connectivity index (χ2v) is 6.56. The molecular formula is C13H19F3N4OS. The fraction of sp³-hybridized carbons (Fsp3) is 0.692. The van der Waals surface area contributed by atoms with Crippen LogP contribution >= 0.6 is 11.3 Å². The van der Waals surface area contributed by atoms with E-state index in [1.807, 2.05) is 6.92 Å². The van der Waals surface area contributed by atoms with Gasteiger partial charge in [0.05, 0.1) is 11.6 Å². The quantitative estimate of drug-likeness (QED) is 0.921. The number of nitrogens with one attached hydrogen (secondary N) is 1. The minimum Gasteiger partial charge on any atom is -0.333 e. The van der Waals surface area contributed by atoms with Gasteiger partial charge in [0.1, 0.15) is 6.04 Å². The molecule has 124 valence electrons. The minimum atomic E-state index is -4.23. The monoisotopic (exact) mass is 336 g/mol. The fourth-order valence-electron chi connectivity index (χ4n) is 2.28. The first-order valence-electron chi connectivity index (χ1n) is 7.02. The maximum Gasteiger partial charge on any atom is 0.403 e. The molecule has 0 aromatic carbocycles. The Balaban J connectivity index is 1.77. The number of thiazole rings is 1. The summed E-state index contributed by atoms with van der Waals surface area (Å²) in [6.45, 7) is 4.49. The highest BCUT2D eigenvalue weighted by Crippen LogP contribution is 2.25. The number of nitrogens with zero attached hydrogens (tertiary/aromatic N) is 3. The number of amides is 2. The van der Waals surface area contributed by atoms with Crippen LogP contribution in [0.2, 0.25) is 0 Å². The third-order valence-corrected chi connectivity index (χ3v) is 4.62. The van der Waals surface area contributed by atoms with Crippen molar-refractivity contribution in [3.05, 3.63) is 16.1 Å². The molecule has 1 aromatic rings. The Morgan fingerprint density at radius 3 is 2.55 bits per heavy atom. The Hall–Kier alpha value is -1.35. The summed E-state index contributed by atoms with van der Waals surface area (Å²) < 4.78 is 38.0. The highest BCUT2D eigenvalue weighted by atomic mass is 32.1. The molecule has 1 fully saturated rings. The van der Waals surface area contributed by atoms with E-state index in [1.165, 1.54) is 16.2 Å². The molecule has 1 aromatic heterocycles. The Kier molecular flexibility index (Phi) is 5.28. The number of hydrogen-bond donors (Lipinski definition) is 1. The SMILES string of the molecule is Cc1ncc(CNC(=O)N2CCN(C(C)C(F)(F)F)CC2)s1. The number of halogens is 3. The molecule has 0 aliphatic carbocycles. The Labute approximate surface area is 131 Å². The summed E-state index contributed by atoms with van der Waals surface area (Å²) in [4.78, 5) is 20.0. The van der Waals surface area contributed by atoms with Crippen LogP contribution in [0, 0.1) is 6.92 Å². The third-order valence-electron chi connectivity index (χ3n) is 3.71. The van der Waals surface area contributed by atoms with Crippen LogP contribution < -0.4 is 5.32 Å².